The van der Waals surface area contributed by atoms with E-state index in [9.17, 15) is 23.2 Å². The Kier molecular flexibility index (Phi) is 4.62. The van der Waals surface area contributed by atoms with Crippen LogP contribution in [0.15, 0.2) is 12.1 Å². The topological polar surface area (TPSA) is 109 Å². The van der Waals surface area contributed by atoms with Crippen LogP contribution in [0.5, 0.6) is 0 Å². The maximum atomic E-state index is 13.2. The molecule has 21 heavy (non-hydrogen) atoms. The summed E-state index contributed by atoms with van der Waals surface area (Å²) in [6, 6.07) is 0.914. The van der Waals surface area contributed by atoms with Crippen LogP contribution in [0, 0.1) is 17.0 Å². The van der Waals surface area contributed by atoms with Crippen molar-refractivity contribution in [3.8, 4) is 0 Å². The maximum Gasteiger partial charge on any atom is 0.336 e. The minimum absolute atomic E-state index is 0.181. The van der Waals surface area contributed by atoms with Crippen LogP contribution in [0.25, 0.3) is 0 Å². The van der Waals surface area contributed by atoms with E-state index in [-0.39, 0.29) is 6.54 Å². The van der Waals surface area contributed by atoms with Gasteiger partial charge in [0.25, 0.3) is 5.91 Å². The van der Waals surface area contributed by atoms with E-state index in [1.54, 1.807) is 0 Å². The number of hydrogen-bond donors (Lipinski definition) is 3. The van der Waals surface area contributed by atoms with Crippen molar-refractivity contribution in [3.63, 3.8) is 0 Å². The largest absolute Gasteiger partial charge is 0.478 e. The molecule has 1 rings (SSSR count). The molecule has 0 bridgehead atoms. The van der Waals surface area contributed by atoms with E-state index in [0.717, 1.165) is 0 Å². The van der Waals surface area contributed by atoms with E-state index < -0.39 is 46.0 Å². The van der Waals surface area contributed by atoms with Crippen LogP contribution in [-0.4, -0.2) is 29.4 Å². The lowest BCUT2D eigenvalue weighted by molar-refractivity contribution is -0.125. The number of rotatable bonds is 5. The van der Waals surface area contributed by atoms with E-state index >= 15 is 0 Å². The molecular weight excluding hydrogens is 286 g/mol. The summed E-state index contributed by atoms with van der Waals surface area (Å²) in [7, 11) is 0. The molecule has 0 aliphatic rings. The van der Waals surface area contributed by atoms with Gasteiger partial charge in [-0.25, -0.2) is 13.6 Å². The third kappa shape index (κ3) is 3.74. The number of carbonyl (C=O) groups excluding carboxylic acids is 2. The summed E-state index contributed by atoms with van der Waals surface area (Å²) in [5, 5.41) is 11.2. The Bertz CT molecular complexity index is 614. The molecule has 6 nitrogen and oxygen atoms in total. The van der Waals surface area contributed by atoms with Crippen molar-refractivity contribution >= 4 is 17.8 Å². The number of amides is 2. The van der Waals surface area contributed by atoms with Gasteiger partial charge in [-0.1, -0.05) is 0 Å². The molecule has 0 aliphatic heterocycles. The molecule has 8 heteroatoms. The molecule has 1 aromatic rings. The smallest absolute Gasteiger partial charge is 0.336 e. The average molecular weight is 300 g/mol. The van der Waals surface area contributed by atoms with Gasteiger partial charge in [0, 0.05) is 6.54 Å². The average Bonchev–Trinajstić information content (AvgIpc) is 2.38. The van der Waals surface area contributed by atoms with E-state index in [1.807, 2.05) is 0 Å². The highest BCUT2D eigenvalue weighted by atomic mass is 19.2. The molecule has 0 unspecified atom stereocenters. The minimum atomic E-state index is -1.58. The first-order valence-corrected chi connectivity index (χ1v) is 5.86. The lowest BCUT2D eigenvalue weighted by Gasteiger charge is -2.21. The third-order valence-corrected chi connectivity index (χ3v) is 2.89. The third-order valence-electron chi connectivity index (χ3n) is 2.89. The van der Waals surface area contributed by atoms with E-state index in [0.29, 0.717) is 12.1 Å². The first kappa shape index (κ1) is 16.5. The molecule has 114 valence electrons. The highest BCUT2D eigenvalue weighted by molar-refractivity contribution is 6.05. The molecule has 0 spiro atoms. The summed E-state index contributed by atoms with van der Waals surface area (Å²) in [6.45, 7) is 2.76. The Hall–Kier alpha value is -2.51. The Labute approximate surface area is 118 Å². The first-order valence-electron chi connectivity index (χ1n) is 5.86. The van der Waals surface area contributed by atoms with E-state index in [4.69, 9.17) is 10.8 Å². The monoisotopic (exact) mass is 300 g/mol. The van der Waals surface area contributed by atoms with Gasteiger partial charge in [0.05, 0.1) is 16.5 Å². The standard InChI is InChI=1S/C13H14F2N2O4/c1-13(2,12(16)21)5-17-10(18)6-3-8(14)9(15)4-7(6)11(19)20/h3-4H,5H2,1-2H3,(H2,16,21)(H,17,18)(H,19,20). The minimum Gasteiger partial charge on any atom is -0.478 e. The molecule has 0 aromatic heterocycles. The van der Waals surface area contributed by atoms with Crippen LogP contribution in [-0.2, 0) is 4.79 Å². The summed E-state index contributed by atoms with van der Waals surface area (Å²) in [6.07, 6.45) is 0. The van der Waals surface area contributed by atoms with Crippen molar-refractivity contribution in [2.75, 3.05) is 6.54 Å². The second kappa shape index (κ2) is 5.86. The number of carboxylic acid groups (broad SMARTS) is 1. The molecule has 0 radical (unpaired) electrons. The molecule has 2 amide bonds. The Balaban J connectivity index is 3.05. The van der Waals surface area contributed by atoms with Gasteiger partial charge in [0.1, 0.15) is 0 Å². The van der Waals surface area contributed by atoms with Gasteiger partial charge >= 0.3 is 5.97 Å². The number of halogens is 2. The van der Waals surface area contributed by atoms with Crippen molar-refractivity contribution in [1.82, 2.24) is 5.32 Å². The fourth-order valence-corrected chi connectivity index (χ4v) is 1.40. The molecule has 4 N–H and O–H groups in total. The van der Waals surface area contributed by atoms with Crippen molar-refractivity contribution in [3.05, 3.63) is 34.9 Å². The fraction of sp³-hybridized carbons (Fsp3) is 0.308. The van der Waals surface area contributed by atoms with Crippen molar-refractivity contribution in [2.24, 2.45) is 11.1 Å². The molecule has 1 aromatic carbocycles. The number of nitrogens with two attached hydrogens (primary N) is 1. The predicted molar refractivity (Wildman–Crippen MR) is 68.6 cm³/mol. The van der Waals surface area contributed by atoms with Crippen molar-refractivity contribution in [2.45, 2.75) is 13.8 Å². The highest BCUT2D eigenvalue weighted by Gasteiger charge is 2.27. The van der Waals surface area contributed by atoms with Gasteiger partial charge < -0.3 is 16.2 Å². The highest BCUT2D eigenvalue weighted by Crippen LogP contribution is 2.17. The van der Waals surface area contributed by atoms with Gasteiger partial charge in [-0.2, -0.15) is 0 Å². The zero-order valence-electron chi connectivity index (χ0n) is 11.4. The van der Waals surface area contributed by atoms with Crippen LogP contribution >= 0.6 is 0 Å². The normalized spacial score (nSPS) is 11.0. The van der Waals surface area contributed by atoms with Gasteiger partial charge in [-0.15, -0.1) is 0 Å². The van der Waals surface area contributed by atoms with Crippen LogP contribution in [0.3, 0.4) is 0 Å². The molecule has 0 saturated heterocycles. The molecule has 0 saturated carbocycles. The van der Waals surface area contributed by atoms with Crippen molar-refractivity contribution in [1.29, 1.82) is 0 Å². The summed E-state index contributed by atoms with van der Waals surface area (Å²) < 4.78 is 26.2. The quantitative estimate of drug-likeness (QED) is 0.750. The van der Waals surface area contributed by atoms with E-state index in [2.05, 4.69) is 5.32 Å². The zero-order valence-corrected chi connectivity index (χ0v) is 11.4. The number of primary amides is 1. The summed E-state index contributed by atoms with van der Waals surface area (Å²) in [4.78, 5) is 34.0. The summed E-state index contributed by atoms with van der Waals surface area (Å²) in [5.74, 6) is -5.92. The Morgan fingerprint density at radius 1 is 1.19 bits per heavy atom. The molecular formula is C13H14F2N2O4. The second-order valence-electron chi connectivity index (χ2n) is 5.05. The number of hydrogen-bond acceptors (Lipinski definition) is 3. The van der Waals surface area contributed by atoms with Crippen LogP contribution < -0.4 is 11.1 Å². The van der Waals surface area contributed by atoms with Crippen LogP contribution in [0.4, 0.5) is 8.78 Å². The zero-order chi connectivity index (χ0) is 16.4. The van der Waals surface area contributed by atoms with Gasteiger partial charge in [0.2, 0.25) is 5.91 Å². The molecule has 0 fully saturated rings. The summed E-state index contributed by atoms with van der Waals surface area (Å²) >= 11 is 0. The van der Waals surface area contributed by atoms with E-state index in [1.165, 1.54) is 13.8 Å². The predicted octanol–water partition coefficient (Wildman–Crippen LogP) is 0.904. The lowest BCUT2D eigenvalue weighted by atomic mass is 9.92. The number of carbonyl (C=O) groups is 3. The molecule has 0 heterocycles. The maximum absolute atomic E-state index is 13.2. The first-order chi connectivity index (χ1) is 9.56. The number of benzene rings is 1. The Morgan fingerprint density at radius 3 is 2.10 bits per heavy atom. The van der Waals surface area contributed by atoms with Gasteiger partial charge in [-0.3, -0.25) is 9.59 Å². The fourth-order valence-electron chi connectivity index (χ4n) is 1.40. The molecule has 0 aliphatic carbocycles. The SMILES string of the molecule is CC(C)(CNC(=O)c1cc(F)c(F)cc1C(=O)O)C(N)=O. The second-order valence-corrected chi connectivity index (χ2v) is 5.05. The lowest BCUT2D eigenvalue weighted by Crippen LogP contribution is -2.42. The summed E-state index contributed by atoms with van der Waals surface area (Å²) in [5.41, 5.74) is 2.83. The Morgan fingerprint density at radius 2 is 1.67 bits per heavy atom. The van der Waals surface area contributed by atoms with Crippen LogP contribution in [0.2, 0.25) is 0 Å². The van der Waals surface area contributed by atoms with Gasteiger partial charge in [0.15, 0.2) is 11.6 Å². The molecule has 0 atom stereocenters. The van der Waals surface area contributed by atoms with Gasteiger partial charge in [-0.05, 0) is 26.0 Å². The number of aromatic carboxylic acids is 1. The van der Waals surface area contributed by atoms with Crippen molar-refractivity contribution < 1.29 is 28.3 Å². The number of carboxylic acids is 1. The number of nitrogens with one attached hydrogen (secondary N) is 1. The van der Waals surface area contributed by atoms with Crippen LogP contribution in [0.1, 0.15) is 34.6 Å².